The molecule has 1 amide bonds. The summed E-state index contributed by atoms with van der Waals surface area (Å²) in [7, 11) is 2.83. The maximum atomic E-state index is 12.3. The number of nitrogens with one attached hydrogen (secondary N) is 1. The first-order valence-corrected chi connectivity index (χ1v) is 6.81. The van der Waals surface area contributed by atoms with Gasteiger partial charge >= 0.3 is 0 Å². The summed E-state index contributed by atoms with van der Waals surface area (Å²) in [4.78, 5) is 22.5. The summed E-state index contributed by atoms with van der Waals surface area (Å²) in [5.74, 6) is 0.213. The lowest BCUT2D eigenvalue weighted by molar-refractivity contribution is -0.384. The van der Waals surface area contributed by atoms with Gasteiger partial charge in [-0.05, 0) is 24.3 Å². The first-order valence-electron chi connectivity index (χ1n) is 6.43. The van der Waals surface area contributed by atoms with Gasteiger partial charge < -0.3 is 14.8 Å². The van der Waals surface area contributed by atoms with Gasteiger partial charge in [0.05, 0.1) is 35.9 Å². The third-order valence-corrected chi connectivity index (χ3v) is 3.35. The molecule has 120 valence electrons. The molecule has 0 aliphatic rings. The Morgan fingerprint density at radius 3 is 2.39 bits per heavy atom. The average Bonchev–Trinajstić information content (AvgIpc) is 2.54. The van der Waals surface area contributed by atoms with Gasteiger partial charge in [-0.25, -0.2) is 0 Å². The van der Waals surface area contributed by atoms with Crippen molar-refractivity contribution in [3.63, 3.8) is 0 Å². The van der Waals surface area contributed by atoms with Crippen LogP contribution in [0.1, 0.15) is 10.4 Å². The Labute approximate surface area is 136 Å². The fourth-order valence-electron chi connectivity index (χ4n) is 1.90. The van der Waals surface area contributed by atoms with Crippen LogP contribution in [-0.4, -0.2) is 25.1 Å². The molecule has 0 heterocycles. The molecule has 0 unspecified atom stereocenters. The molecule has 0 aliphatic heterocycles. The molecule has 0 aliphatic carbocycles. The topological polar surface area (TPSA) is 90.7 Å². The van der Waals surface area contributed by atoms with Crippen LogP contribution >= 0.6 is 11.6 Å². The van der Waals surface area contributed by atoms with Crippen molar-refractivity contribution in [3.8, 4) is 11.5 Å². The van der Waals surface area contributed by atoms with E-state index in [2.05, 4.69) is 5.32 Å². The highest BCUT2D eigenvalue weighted by Crippen LogP contribution is 2.30. The molecule has 0 bridgehead atoms. The Morgan fingerprint density at radius 2 is 1.83 bits per heavy atom. The van der Waals surface area contributed by atoms with Crippen molar-refractivity contribution in [3.05, 3.63) is 57.1 Å². The Balaban J connectivity index is 2.26. The number of carbonyl (C=O) groups is 1. The maximum absolute atomic E-state index is 12.3. The van der Waals surface area contributed by atoms with Crippen LogP contribution < -0.4 is 14.8 Å². The molecule has 0 spiro atoms. The monoisotopic (exact) mass is 336 g/mol. The minimum atomic E-state index is -0.544. The van der Waals surface area contributed by atoms with Crippen molar-refractivity contribution in [1.82, 2.24) is 0 Å². The molecule has 0 aromatic heterocycles. The lowest BCUT2D eigenvalue weighted by Crippen LogP contribution is -2.12. The van der Waals surface area contributed by atoms with Gasteiger partial charge in [0.1, 0.15) is 11.5 Å². The predicted molar refractivity (Wildman–Crippen MR) is 85.6 cm³/mol. The minimum Gasteiger partial charge on any atom is -0.495 e. The van der Waals surface area contributed by atoms with Crippen LogP contribution in [0.3, 0.4) is 0 Å². The number of amides is 1. The molecule has 0 radical (unpaired) electrons. The summed E-state index contributed by atoms with van der Waals surface area (Å²) >= 11 is 5.99. The van der Waals surface area contributed by atoms with Gasteiger partial charge in [-0.1, -0.05) is 11.6 Å². The SMILES string of the molecule is COc1ccc(C(=O)Nc2ccc([N+](=O)[O-])cc2OC)cc1Cl. The molecule has 2 aromatic rings. The second kappa shape index (κ2) is 6.97. The second-order valence-electron chi connectivity index (χ2n) is 4.45. The number of rotatable bonds is 5. The number of benzene rings is 2. The van der Waals surface area contributed by atoms with Crippen molar-refractivity contribution in [2.24, 2.45) is 0 Å². The molecule has 0 atom stereocenters. The Morgan fingerprint density at radius 1 is 1.13 bits per heavy atom. The number of carbonyl (C=O) groups excluding carboxylic acids is 1. The number of halogens is 1. The van der Waals surface area contributed by atoms with Crippen molar-refractivity contribution in [1.29, 1.82) is 0 Å². The van der Waals surface area contributed by atoms with E-state index in [4.69, 9.17) is 21.1 Å². The van der Waals surface area contributed by atoms with Gasteiger partial charge in [-0.3, -0.25) is 14.9 Å². The predicted octanol–water partition coefficient (Wildman–Crippen LogP) is 3.52. The zero-order valence-corrected chi connectivity index (χ0v) is 13.1. The zero-order chi connectivity index (χ0) is 17.0. The van der Waals surface area contributed by atoms with E-state index in [1.807, 2.05) is 0 Å². The highest BCUT2D eigenvalue weighted by atomic mass is 35.5. The molecule has 7 nitrogen and oxygen atoms in total. The quantitative estimate of drug-likeness (QED) is 0.666. The van der Waals surface area contributed by atoms with Crippen LogP contribution in [-0.2, 0) is 0 Å². The summed E-state index contributed by atoms with van der Waals surface area (Å²) < 4.78 is 10.1. The lowest BCUT2D eigenvalue weighted by Gasteiger charge is -2.11. The summed E-state index contributed by atoms with van der Waals surface area (Å²) in [5, 5.41) is 13.7. The van der Waals surface area contributed by atoms with Crippen LogP contribution in [0.25, 0.3) is 0 Å². The third-order valence-electron chi connectivity index (χ3n) is 3.06. The number of nitro groups is 1. The summed E-state index contributed by atoms with van der Waals surface area (Å²) in [6, 6.07) is 8.51. The van der Waals surface area contributed by atoms with Crippen LogP contribution in [0.2, 0.25) is 5.02 Å². The Bertz CT molecular complexity index is 764. The van der Waals surface area contributed by atoms with Gasteiger partial charge in [0.2, 0.25) is 0 Å². The molecule has 8 heteroatoms. The van der Waals surface area contributed by atoms with Crippen molar-refractivity contribution < 1.29 is 19.2 Å². The molecule has 0 fully saturated rings. The largest absolute Gasteiger partial charge is 0.495 e. The number of nitro benzene ring substituents is 1. The average molecular weight is 337 g/mol. The van der Waals surface area contributed by atoms with Gasteiger partial charge in [0.15, 0.2) is 0 Å². The second-order valence-corrected chi connectivity index (χ2v) is 4.85. The Kier molecular flexibility index (Phi) is 5.02. The fraction of sp³-hybridized carbons (Fsp3) is 0.133. The molecular weight excluding hydrogens is 324 g/mol. The molecule has 2 rings (SSSR count). The maximum Gasteiger partial charge on any atom is 0.273 e. The number of non-ortho nitro benzene ring substituents is 1. The van der Waals surface area contributed by atoms with E-state index in [0.717, 1.165) is 0 Å². The summed E-state index contributed by atoms with van der Waals surface area (Å²) in [6.45, 7) is 0. The number of anilines is 1. The molecule has 1 N–H and O–H groups in total. The highest BCUT2D eigenvalue weighted by Gasteiger charge is 2.15. The summed E-state index contributed by atoms with van der Waals surface area (Å²) in [5.41, 5.74) is 0.499. The highest BCUT2D eigenvalue weighted by molar-refractivity contribution is 6.32. The molecular formula is C15H13ClN2O5. The number of hydrogen-bond acceptors (Lipinski definition) is 5. The van der Waals surface area contributed by atoms with Gasteiger partial charge in [0, 0.05) is 11.6 Å². The van der Waals surface area contributed by atoms with E-state index in [1.54, 1.807) is 12.1 Å². The lowest BCUT2D eigenvalue weighted by atomic mass is 10.2. The molecule has 0 saturated carbocycles. The zero-order valence-electron chi connectivity index (χ0n) is 12.3. The normalized spacial score (nSPS) is 10.0. The van der Waals surface area contributed by atoms with E-state index in [-0.39, 0.29) is 11.4 Å². The van der Waals surface area contributed by atoms with E-state index in [0.29, 0.717) is 22.0 Å². The number of ether oxygens (including phenoxy) is 2. The van der Waals surface area contributed by atoms with Gasteiger partial charge in [-0.2, -0.15) is 0 Å². The Hall–Kier alpha value is -2.80. The smallest absolute Gasteiger partial charge is 0.273 e. The van der Waals surface area contributed by atoms with E-state index in [1.165, 1.54) is 38.5 Å². The first kappa shape index (κ1) is 16.6. The van der Waals surface area contributed by atoms with Crippen LogP contribution in [0.4, 0.5) is 11.4 Å². The van der Waals surface area contributed by atoms with Gasteiger partial charge in [-0.15, -0.1) is 0 Å². The van der Waals surface area contributed by atoms with Crippen LogP contribution in [0, 0.1) is 10.1 Å². The van der Waals surface area contributed by atoms with Crippen molar-refractivity contribution in [2.75, 3.05) is 19.5 Å². The number of methoxy groups -OCH3 is 2. The van der Waals surface area contributed by atoms with Crippen LogP contribution in [0.5, 0.6) is 11.5 Å². The standard InChI is InChI=1S/C15H13ClN2O5/c1-22-13-6-3-9(7-11(13)16)15(19)17-12-5-4-10(18(20)21)8-14(12)23-2/h3-8H,1-2H3,(H,17,19). The first-order chi connectivity index (χ1) is 11.0. The van der Waals surface area contributed by atoms with Crippen molar-refractivity contribution in [2.45, 2.75) is 0 Å². The number of hydrogen-bond donors (Lipinski definition) is 1. The van der Waals surface area contributed by atoms with E-state index in [9.17, 15) is 14.9 Å². The molecule has 0 saturated heterocycles. The third kappa shape index (κ3) is 3.70. The van der Waals surface area contributed by atoms with Gasteiger partial charge in [0.25, 0.3) is 11.6 Å². The summed E-state index contributed by atoms with van der Waals surface area (Å²) in [6.07, 6.45) is 0. The molecule has 23 heavy (non-hydrogen) atoms. The van der Waals surface area contributed by atoms with E-state index < -0.39 is 10.8 Å². The minimum absolute atomic E-state index is 0.132. The number of nitrogens with zero attached hydrogens (tertiary/aromatic N) is 1. The fourth-order valence-corrected chi connectivity index (χ4v) is 2.16. The van der Waals surface area contributed by atoms with Crippen LogP contribution in [0.15, 0.2) is 36.4 Å². The van der Waals surface area contributed by atoms with E-state index >= 15 is 0 Å². The van der Waals surface area contributed by atoms with Crippen molar-refractivity contribution >= 4 is 28.9 Å². The molecule has 2 aromatic carbocycles.